The van der Waals surface area contributed by atoms with Gasteiger partial charge in [0, 0.05) is 19.6 Å². The van der Waals surface area contributed by atoms with Gasteiger partial charge in [0.1, 0.15) is 12.3 Å². The van der Waals surface area contributed by atoms with Crippen molar-refractivity contribution < 1.29 is 9.66 Å². The number of nitrogens with zero attached hydrogens (tertiary/aromatic N) is 4. The van der Waals surface area contributed by atoms with Crippen LogP contribution in [0.2, 0.25) is 0 Å². The van der Waals surface area contributed by atoms with E-state index in [1.165, 1.54) is 12.8 Å². The Kier molecular flexibility index (Phi) is 4.33. The highest BCUT2D eigenvalue weighted by Gasteiger charge is 2.27. The summed E-state index contributed by atoms with van der Waals surface area (Å²) in [6.45, 7) is 2.66. The van der Waals surface area contributed by atoms with Gasteiger partial charge in [0.25, 0.3) is 5.88 Å². The highest BCUT2D eigenvalue weighted by molar-refractivity contribution is 5.48. The van der Waals surface area contributed by atoms with E-state index in [4.69, 9.17) is 4.74 Å². The van der Waals surface area contributed by atoms with Crippen LogP contribution in [0.4, 0.5) is 11.6 Å². The summed E-state index contributed by atoms with van der Waals surface area (Å²) < 4.78 is 5.50. The minimum absolute atomic E-state index is 0.0241. The number of rotatable bonds is 7. The second-order valence-electron chi connectivity index (χ2n) is 4.85. The molecular weight excluding hydrogens is 262 g/mol. The predicted octanol–water partition coefficient (Wildman–Crippen LogP) is 1.21. The van der Waals surface area contributed by atoms with Gasteiger partial charge < -0.3 is 15.0 Å². The van der Waals surface area contributed by atoms with E-state index in [0.29, 0.717) is 24.3 Å². The molecule has 110 valence electrons. The molecule has 8 nitrogen and oxygen atoms in total. The number of hydrogen-bond donors (Lipinski definition) is 1. The third kappa shape index (κ3) is 3.32. The molecule has 0 unspecified atom stereocenters. The van der Waals surface area contributed by atoms with E-state index < -0.39 is 4.92 Å². The quantitative estimate of drug-likeness (QED) is 0.593. The van der Waals surface area contributed by atoms with Crippen molar-refractivity contribution in [2.75, 3.05) is 32.6 Å². The van der Waals surface area contributed by atoms with Crippen LogP contribution in [0.3, 0.4) is 0 Å². The minimum Gasteiger partial charge on any atom is -0.471 e. The van der Waals surface area contributed by atoms with Gasteiger partial charge in [0.2, 0.25) is 5.95 Å². The molecule has 0 aliphatic heterocycles. The molecule has 1 aromatic heterocycles. The van der Waals surface area contributed by atoms with Crippen LogP contribution >= 0.6 is 0 Å². The topological polar surface area (TPSA) is 93.4 Å². The Morgan fingerprint density at radius 2 is 2.20 bits per heavy atom. The maximum atomic E-state index is 11.1. The van der Waals surface area contributed by atoms with E-state index in [-0.39, 0.29) is 11.6 Å². The van der Waals surface area contributed by atoms with Crippen molar-refractivity contribution in [2.24, 2.45) is 0 Å². The van der Waals surface area contributed by atoms with E-state index in [2.05, 4.69) is 20.2 Å². The van der Waals surface area contributed by atoms with Gasteiger partial charge in [-0.05, 0) is 26.8 Å². The van der Waals surface area contributed by atoms with Crippen LogP contribution in [0.15, 0.2) is 0 Å². The molecule has 0 saturated heterocycles. The first kappa shape index (κ1) is 14.4. The van der Waals surface area contributed by atoms with Crippen molar-refractivity contribution in [3.8, 4) is 5.88 Å². The first-order valence-electron chi connectivity index (χ1n) is 6.56. The summed E-state index contributed by atoms with van der Waals surface area (Å²) in [5.74, 6) is 0.342. The Labute approximate surface area is 117 Å². The van der Waals surface area contributed by atoms with E-state index in [0.717, 1.165) is 6.54 Å². The molecule has 1 heterocycles. The Hall–Kier alpha value is -1.96. The summed E-state index contributed by atoms with van der Waals surface area (Å²) in [5, 5.41) is 13.8. The largest absolute Gasteiger partial charge is 0.471 e. The Morgan fingerprint density at radius 3 is 2.75 bits per heavy atom. The maximum Gasteiger partial charge on any atom is 0.352 e. The summed E-state index contributed by atoms with van der Waals surface area (Å²) in [7, 11) is 3.69. The van der Waals surface area contributed by atoms with Gasteiger partial charge in [-0.25, -0.2) is 4.98 Å². The highest BCUT2D eigenvalue weighted by atomic mass is 16.6. The molecule has 20 heavy (non-hydrogen) atoms. The first-order chi connectivity index (χ1) is 9.52. The molecule has 0 aromatic carbocycles. The number of hydrogen-bond acceptors (Lipinski definition) is 7. The smallest absolute Gasteiger partial charge is 0.352 e. The van der Waals surface area contributed by atoms with Crippen molar-refractivity contribution in [1.29, 1.82) is 0 Å². The highest BCUT2D eigenvalue weighted by Crippen LogP contribution is 2.29. The standard InChI is InChI=1S/C12H19N5O3/c1-8-10(17(18)19)11(15-12(13-2)14-8)20-7-6-16(3)9-4-5-9/h9H,4-7H2,1-3H3,(H,13,14,15). The lowest BCUT2D eigenvalue weighted by atomic mass is 10.3. The van der Waals surface area contributed by atoms with Crippen LogP contribution in [-0.4, -0.2) is 53.1 Å². The van der Waals surface area contributed by atoms with Gasteiger partial charge in [-0.3, -0.25) is 10.1 Å². The van der Waals surface area contributed by atoms with E-state index in [1.54, 1.807) is 14.0 Å². The first-order valence-corrected chi connectivity index (χ1v) is 6.56. The average Bonchev–Trinajstić information content (AvgIpc) is 3.21. The molecule has 0 spiro atoms. The van der Waals surface area contributed by atoms with E-state index in [9.17, 15) is 10.1 Å². The van der Waals surface area contributed by atoms with E-state index >= 15 is 0 Å². The van der Waals surface area contributed by atoms with Gasteiger partial charge >= 0.3 is 5.69 Å². The number of likely N-dealkylation sites (N-methyl/N-ethyl adjacent to an activating group) is 1. The van der Waals surface area contributed by atoms with Gasteiger partial charge in [-0.1, -0.05) is 0 Å². The predicted molar refractivity (Wildman–Crippen MR) is 74.1 cm³/mol. The molecule has 0 bridgehead atoms. The number of nitrogens with one attached hydrogen (secondary N) is 1. The van der Waals surface area contributed by atoms with Gasteiger partial charge in [0.05, 0.1) is 4.92 Å². The fourth-order valence-corrected chi connectivity index (χ4v) is 1.95. The third-order valence-electron chi connectivity index (χ3n) is 3.29. The number of ether oxygens (including phenoxy) is 1. The summed E-state index contributed by atoms with van der Waals surface area (Å²) >= 11 is 0. The van der Waals surface area contributed by atoms with Gasteiger partial charge in [0.15, 0.2) is 0 Å². The molecule has 1 aromatic rings. The lowest BCUT2D eigenvalue weighted by Crippen LogP contribution is -2.26. The monoisotopic (exact) mass is 281 g/mol. The van der Waals surface area contributed by atoms with E-state index in [1.807, 2.05) is 7.05 Å². The summed E-state index contributed by atoms with van der Waals surface area (Å²) in [6, 6.07) is 0.633. The molecule has 0 amide bonds. The zero-order valence-corrected chi connectivity index (χ0v) is 11.9. The molecule has 1 aliphatic rings. The van der Waals surface area contributed by atoms with Crippen molar-refractivity contribution in [3.05, 3.63) is 15.8 Å². The average molecular weight is 281 g/mol. The molecule has 1 aliphatic carbocycles. The lowest BCUT2D eigenvalue weighted by Gasteiger charge is -2.15. The third-order valence-corrected chi connectivity index (χ3v) is 3.29. The van der Waals surface area contributed by atoms with Crippen LogP contribution in [0.25, 0.3) is 0 Å². The van der Waals surface area contributed by atoms with Crippen LogP contribution < -0.4 is 10.1 Å². The number of anilines is 1. The number of aromatic nitrogens is 2. The van der Waals surface area contributed by atoms with Gasteiger partial charge in [-0.2, -0.15) is 4.98 Å². The maximum absolute atomic E-state index is 11.1. The van der Waals surface area contributed by atoms with Crippen LogP contribution in [0.1, 0.15) is 18.5 Å². The van der Waals surface area contributed by atoms with Crippen LogP contribution in [0.5, 0.6) is 5.88 Å². The van der Waals surface area contributed by atoms with Gasteiger partial charge in [-0.15, -0.1) is 0 Å². The Bertz CT molecular complexity index is 504. The van der Waals surface area contributed by atoms with Crippen molar-refractivity contribution in [2.45, 2.75) is 25.8 Å². The second-order valence-corrected chi connectivity index (χ2v) is 4.85. The minimum atomic E-state index is -0.505. The summed E-state index contributed by atoms with van der Waals surface area (Å²) in [6.07, 6.45) is 2.43. The molecule has 2 rings (SSSR count). The number of aryl methyl sites for hydroxylation is 1. The zero-order valence-electron chi connectivity index (χ0n) is 11.9. The van der Waals surface area contributed by atoms with Crippen molar-refractivity contribution in [3.63, 3.8) is 0 Å². The normalized spacial score (nSPS) is 14.4. The molecule has 8 heteroatoms. The molecule has 1 saturated carbocycles. The molecule has 0 radical (unpaired) electrons. The zero-order chi connectivity index (χ0) is 14.7. The molecule has 0 atom stereocenters. The SMILES string of the molecule is CNc1nc(C)c([N+](=O)[O-])c(OCCN(C)C2CC2)n1. The Morgan fingerprint density at radius 1 is 1.50 bits per heavy atom. The fourth-order valence-electron chi connectivity index (χ4n) is 1.95. The van der Waals surface area contributed by atoms with Crippen LogP contribution in [0, 0.1) is 17.0 Å². The molecular formula is C12H19N5O3. The van der Waals surface area contributed by atoms with Crippen LogP contribution in [-0.2, 0) is 0 Å². The summed E-state index contributed by atoms with van der Waals surface area (Å²) in [5.41, 5.74) is 0.123. The van der Waals surface area contributed by atoms with Crippen molar-refractivity contribution in [1.82, 2.24) is 14.9 Å². The number of nitro groups is 1. The molecule has 1 N–H and O–H groups in total. The second kappa shape index (κ2) is 6.00. The fraction of sp³-hybridized carbons (Fsp3) is 0.667. The molecule has 1 fully saturated rings. The van der Waals surface area contributed by atoms with Crippen molar-refractivity contribution >= 4 is 11.6 Å². The summed E-state index contributed by atoms with van der Waals surface area (Å²) in [4.78, 5) is 20.8. The lowest BCUT2D eigenvalue weighted by molar-refractivity contribution is -0.387. The Balaban J connectivity index is 2.07.